The minimum atomic E-state index is -0.466. The van der Waals surface area contributed by atoms with Gasteiger partial charge >= 0.3 is 0 Å². The van der Waals surface area contributed by atoms with Crippen LogP contribution in [0.15, 0.2) is 0 Å². The molecule has 4 nitrogen and oxygen atoms in total. The van der Waals surface area contributed by atoms with E-state index in [-0.39, 0.29) is 0 Å². The van der Waals surface area contributed by atoms with Crippen LogP contribution in [0.1, 0.15) is 27.7 Å². The van der Waals surface area contributed by atoms with Gasteiger partial charge in [0.1, 0.15) is 0 Å². The standard InChI is InChI=1S/C14H28N2O2/c1-11(2)14(17)9-15(10-14)7-13-8-16(12(3)4)5-6-18-13/h11-13,17H,5-10H2,1-4H3. The average molecular weight is 256 g/mol. The lowest BCUT2D eigenvalue weighted by atomic mass is 9.83. The third-order valence-corrected chi connectivity index (χ3v) is 4.43. The second-order valence-corrected chi connectivity index (χ2v) is 6.51. The lowest BCUT2D eigenvalue weighted by molar-refractivity contribution is -0.147. The largest absolute Gasteiger partial charge is 0.387 e. The van der Waals surface area contributed by atoms with Gasteiger partial charge in [0.15, 0.2) is 0 Å². The molecule has 0 aromatic carbocycles. The van der Waals surface area contributed by atoms with Gasteiger partial charge in [0, 0.05) is 38.8 Å². The molecule has 0 bridgehead atoms. The third kappa shape index (κ3) is 3.05. The lowest BCUT2D eigenvalue weighted by Crippen LogP contribution is -2.66. The van der Waals surface area contributed by atoms with Gasteiger partial charge in [-0.05, 0) is 19.8 Å². The Morgan fingerprint density at radius 2 is 1.94 bits per heavy atom. The van der Waals surface area contributed by atoms with E-state index in [0.717, 1.165) is 39.3 Å². The zero-order valence-corrected chi connectivity index (χ0v) is 12.2. The second-order valence-electron chi connectivity index (χ2n) is 6.51. The first-order chi connectivity index (χ1) is 8.40. The molecule has 2 fully saturated rings. The number of ether oxygens (including phenoxy) is 1. The van der Waals surface area contributed by atoms with Gasteiger partial charge in [0.25, 0.3) is 0 Å². The van der Waals surface area contributed by atoms with Gasteiger partial charge in [0.2, 0.25) is 0 Å². The molecule has 0 aliphatic carbocycles. The smallest absolute Gasteiger partial charge is 0.0922 e. The summed E-state index contributed by atoms with van der Waals surface area (Å²) >= 11 is 0. The van der Waals surface area contributed by atoms with Crippen molar-refractivity contribution >= 4 is 0 Å². The molecule has 106 valence electrons. The average Bonchev–Trinajstić information content (AvgIpc) is 2.26. The number of nitrogens with zero attached hydrogens (tertiary/aromatic N) is 2. The Kier molecular flexibility index (Phi) is 4.32. The fourth-order valence-electron chi connectivity index (χ4n) is 2.83. The Balaban J connectivity index is 1.75. The van der Waals surface area contributed by atoms with E-state index in [0.29, 0.717) is 18.1 Å². The van der Waals surface area contributed by atoms with Crippen molar-refractivity contribution in [3.63, 3.8) is 0 Å². The fraction of sp³-hybridized carbons (Fsp3) is 1.00. The number of morpholine rings is 1. The molecule has 4 heteroatoms. The van der Waals surface area contributed by atoms with Gasteiger partial charge in [-0.1, -0.05) is 13.8 Å². The van der Waals surface area contributed by atoms with Gasteiger partial charge in [-0.25, -0.2) is 0 Å². The Bertz CT molecular complexity index is 275. The van der Waals surface area contributed by atoms with Crippen LogP contribution in [0.5, 0.6) is 0 Å². The zero-order chi connectivity index (χ0) is 13.3. The van der Waals surface area contributed by atoms with Crippen LogP contribution >= 0.6 is 0 Å². The van der Waals surface area contributed by atoms with Gasteiger partial charge in [-0.15, -0.1) is 0 Å². The Hall–Kier alpha value is -0.160. The summed E-state index contributed by atoms with van der Waals surface area (Å²) in [6.45, 7) is 14.1. The number of hydrogen-bond donors (Lipinski definition) is 1. The molecule has 1 unspecified atom stereocenters. The summed E-state index contributed by atoms with van der Waals surface area (Å²) in [6, 6.07) is 0.598. The molecule has 0 radical (unpaired) electrons. The van der Waals surface area contributed by atoms with Gasteiger partial charge in [0.05, 0.1) is 18.3 Å². The van der Waals surface area contributed by atoms with Crippen molar-refractivity contribution < 1.29 is 9.84 Å². The molecule has 0 amide bonds. The molecule has 1 atom stereocenters. The second kappa shape index (κ2) is 5.45. The van der Waals surface area contributed by atoms with E-state index in [2.05, 4.69) is 37.5 Å². The summed E-state index contributed by atoms with van der Waals surface area (Å²) in [5.41, 5.74) is -0.466. The van der Waals surface area contributed by atoms with Crippen LogP contribution in [0.2, 0.25) is 0 Å². The molecule has 2 aliphatic rings. The monoisotopic (exact) mass is 256 g/mol. The van der Waals surface area contributed by atoms with E-state index in [4.69, 9.17) is 4.74 Å². The molecule has 2 saturated heterocycles. The van der Waals surface area contributed by atoms with Crippen LogP contribution in [0, 0.1) is 5.92 Å². The van der Waals surface area contributed by atoms with Gasteiger partial charge in [-0.3, -0.25) is 9.80 Å². The lowest BCUT2D eigenvalue weighted by Gasteiger charge is -2.50. The topological polar surface area (TPSA) is 35.9 Å². The summed E-state index contributed by atoms with van der Waals surface area (Å²) in [5, 5.41) is 10.2. The summed E-state index contributed by atoms with van der Waals surface area (Å²) in [4.78, 5) is 4.79. The minimum Gasteiger partial charge on any atom is -0.387 e. The third-order valence-electron chi connectivity index (χ3n) is 4.43. The number of aliphatic hydroxyl groups is 1. The van der Waals surface area contributed by atoms with Gasteiger partial charge < -0.3 is 9.84 Å². The number of β-amino-alcohol motifs (C(OH)–C–C–N with tert-alkyl or cyclic N) is 1. The van der Waals surface area contributed by atoms with Crippen LogP contribution in [-0.2, 0) is 4.74 Å². The maximum Gasteiger partial charge on any atom is 0.0922 e. The number of hydrogen-bond acceptors (Lipinski definition) is 4. The van der Waals surface area contributed by atoms with E-state index in [1.807, 2.05) is 0 Å². The molecular weight excluding hydrogens is 228 g/mol. The molecule has 2 aliphatic heterocycles. The van der Waals surface area contributed by atoms with Crippen LogP contribution in [0.3, 0.4) is 0 Å². The fourth-order valence-corrected chi connectivity index (χ4v) is 2.83. The van der Waals surface area contributed by atoms with Crippen LogP contribution in [0.25, 0.3) is 0 Å². The number of rotatable bonds is 4. The maximum atomic E-state index is 10.2. The summed E-state index contributed by atoms with van der Waals surface area (Å²) in [5.74, 6) is 0.341. The van der Waals surface area contributed by atoms with Crippen molar-refractivity contribution in [2.75, 3.05) is 39.3 Å². The normalized spacial score (nSPS) is 29.8. The molecule has 0 saturated carbocycles. The predicted octanol–water partition coefficient (Wildman–Crippen LogP) is 0.798. The molecule has 1 N–H and O–H groups in total. The van der Waals surface area contributed by atoms with Crippen molar-refractivity contribution in [1.29, 1.82) is 0 Å². The Labute approximate surface area is 111 Å². The first-order valence-electron chi connectivity index (χ1n) is 7.21. The van der Waals surface area contributed by atoms with Crippen molar-refractivity contribution in [3.8, 4) is 0 Å². The summed E-state index contributed by atoms with van der Waals surface area (Å²) in [6.07, 6.45) is 0.304. The highest BCUT2D eigenvalue weighted by Crippen LogP contribution is 2.29. The Morgan fingerprint density at radius 1 is 1.28 bits per heavy atom. The number of likely N-dealkylation sites (tertiary alicyclic amines) is 1. The first kappa shape index (κ1) is 14.3. The van der Waals surface area contributed by atoms with E-state index < -0.39 is 5.60 Å². The highest BCUT2D eigenvalue weighted by molar-refractivity contribution is 4.98. The summed E-state index contributed by atoms with van der Waals surface area (Å²) < 4.78 is 5.83. The molecule has 2 rings (SSSR count). The van der Waals surface area contributed by atoms with Crippen molar-refractivity contribution in [2.24, 2.45) is 5.92 Å². The minimum absolute atomic E-state index is 0.304. The zero-order valence-electron chi connectivity index (χ0n) is 12.2. The highest BCUT2D eigenvalue weighted by Gasteiger charge is 2.44. The molecule has 0 spiro atoms. The Morgan fingerprint density at radius 3 is 2.50 bits per heavy atom. The van der Waals surface area contributed by atoms with E-state index >= 15 is 0 Å². The van der Waals surface area contributed by atoms with Crippen LogP contribution in [-0.4, -0.2) is 72.0 Å². The molecule has 2 heterocycles. The van der Waals surface area contributed by atoms with E-state index in [1.54, 1.807) is 0 Å². The van der Waals surface area contributed by atoms with Crippen LogP contribution < -0.4 is 0 Å². The van der Waals surface area contributed by atoms with Crippen molar-refractivity contribution in [2.45, 2.75) is 45.4 Å². The molecule has 18 heavy (non-hydrogen) atoms. The van der Waals surface area contributed by atoms with E-state index in [9.17, 15) is 5.11 Å². The quantitative estimate of drug-likeness (QED) is 0.807. The van der Waals surface area contributed by atoms with Crippen molar-refractivity contribution in [1.82, 2.24) is 9.80 Å². The predicted molar refractivity (Wildman–Crippen MR) is 72.7 cm³/mol. The van der Waals surface area contributed by atoms with Crippen LogP contribution in [0.4, 0.5) is 0 Å². The first-order valence-corrected chi connectivity index (χ1v) is 7.21. The molecule has 0 aromatic heterocycles. The van der Waals surface area contributed by atoms with E-state index in [1.165, 1.54) is 0 Å². The summed E-state index contributed by atoms with van der Waals surface area (Å²) in [7, 11) is 0. The van der Waals surface area contributed by atoms with Crippen molar-refractivity contribution in [3.05, 3.63) is 0 Å². The SMILES string of the molecule is CC(C)N1CCOC(CN2CC(O)(C(C)C)C2)C1. The molecular formula is C14H28N2O2. The van der Waals surface area contributed by atoms with Gasteiger partial charge in [-0.2, -0.15) is 0 Å². The maximum absolute atomic E-state index is 10.2. The highest BCUT2D eigenvalue weighted by atomic mass is 16.5. The molecule has 0 aromatic rings.